The fourth-order valence-electron chi connectivity index (χ4n) is 4.84. The highest BCUT2D eigenvalue weighted by atomic mass is 32.2. The lowest BCUT2D eigenvalue weighted by Gasteiger charge is -2.34. The molecule has 7 heteroatoms. The standard InChI is InChI=1S/C27H36N2O4S/c1-21-15-9-11-17-23(18-12-10-16-21)34(32,33)24-25(30)28-22(2)29(26(24)31)27(3)19-13-7-5-4-6-8-14-20-27/h9-12,15-18,30H,4-8,13-14,19-20H2,1-3H3. The molecule has 1 N–H and O–H groups in total. The number of aromatic nitrogens is 2. The third-order valence-corrected chi connectivity index (χ3v) is 8.49. The van der Waals surface area contributed by atoms with Gasteiger partial charge in [-0.25, -0.2) is 8.42 Å². The molecular formula is C27H36N2O4S. The predicted octanol–water partition coefficient (Wildman–Crippen LogP) is 5.76. The van der Waals surface area contributed by atoms with Crippen LogP contribution in [0.2, 0.25) is 0 Å². The zero-order valence-electron chi connectivity index (χ0n) is 20.5. The van der Waals surface area contributed by atoms with Gasteiger partial charge in [0.1, 0.15) is 5.82 Å². The molecule has 1 heterocycles. The first kappa shape index (κ1) is 25.9. The van der Waals surface area contributed by atoms with Crippen LogP contribution in [-0.4, -0.2) is 23.1 Å². The Bertz CT molecular complexity index is 1200. The fourth-order valence-corrected chi connectivity index (χ4v) is 6.20. The molecule has 0 bridgehead atoms. The highest BCUT2D eigenvalue weighted by Crippen LogP contribution is 2.33. The van der Waals surface area contributed by atoms with Gasteiger partial charge in [0.2, 0.25) is 15.7 Å². The van der Waals surface area contributed by atoms with Gasteiger partial charge in [-0.2, -0.15) is 4.98 Å². The van der Waals surface area contributed by atoms with Gasteiger partial charge in [0.25, 0.3) is 5.56 Å². The van der Waals surface area contributed by atoms with Crippen molar-refractivity contribution >= 4 is 9.84 Å². The molecule has 1 saturated carbocycles. The first-order chi connectivity index (χ1) is 16.2. The minimum absolute atomic E-state index is 0.0814. The van der Waals surface area contributed by atoms with Crippen LogP contribution in [0.15, 0.2) is 63.1 Å². The maximum atomic E-state index is 13.8. The zero-order chi connectivity index (χ0) is 24.8. The summed E-state index contributed by atoms with van der Waals surface area (Å²) in [6.07, 6.45) is 9.22. The summed E-state index contributed by atoms with van der Waals surface area (Å²) in [5.41, 5.74) is -0.247. The molecule has 6 nitrogen and oxygen atoms in total. The first-order valence-corrected chi connectivity index (χ1v) is 13.6. The van der Waals surface area contributed by atoms with Crippen molar-refractivity contribution in [2.45, 2.75) is 93.9 Å². The quantitative estimate of drug-likeness (QED) is 0.598. The lowest BCUT2D eigenvalue weighted by atomic mass is 9.86. The summed E-state index contributed by atoms with van der Waals surface area (Å²) in [6, 6.07) is 13.3. The van der Waals surface area contributed by atoms with Gasteiger partial charge in [-0.05, 0) is 45.7 Å². The van der Waals surface area contributed by atoms with Crippen LogP contribution < -0.4 is 5.56 Å². The van der Waals surface area contributed by atoms with E-state index in [1.54, 1.807) is 31.2 Å². The summed E-state index contributed by atoms with van der Waals surface area (Å²) in [4.78, 5) is 17.2. The number of sulfone groups is 1. The molecule has 34 heavy (non-hydrogen) atoms. The summed E-state index contributed by atoms with van der Waals surface area (Å²) in [6.45, 7) is 5.62. The molecule has 0 spiro atoms. The van der Waals surface area contributed by atoms with Crippen LogP contribution in [0.3, 0.4) is 0 Å². The van der Waals surface area contributed by atoms with E-state index in [0.29, 0.717) is 5.82 Å². The molecule has 1 aromatic heterocycles. The number of hydrogen-bond acceptors (Lipinski definition) is 5. The average molecular weight is 485 g/mol. The number of hydrogen-bond donors (Lipinski definition) is 1. The molecule has 0 radical (unpaired) electrons. The van der Waals surface area contributed by atoms with Crippen molar-refractivity contribution in [1.29, 1.82) is 0 Å². The smallest absolute Gasteiger partial charge is 0.277 e. The molecule has 0 aliphatic heterocycles. The molecule has 0 atom stereocenters. The molecule has 0 saturated heterocycles. The normalized spacial score (nSPS) is 16.9. The number of aromatic hydroxyl groups is 1. The monoisotopic (exact) mass is 484 g/mol. The molecule has 0 unspecified atom stereocenters. The van der Waals surface area contributed by atoms with Crippen molar-refractivity contribution in [3.63, 3.8) is 0 Å². The third kappa shape index (κ3) is 5.87. The van der Waals surface area contributed by atoms with Gasteiger partial charge < -0.3 is 5.11 Å². The van der Waals surface area contributed by atoms with Crippen LogP contribution in [0.5, 0.6) is 5.88 Å². The van der Waals surface area contributed by atoms with E-state index in [2.05, 4.69) is 4.98 Å². The molecule has 1 aliphatic carbocycles. The van der Waals surface area contributed by atoms with E-state index in [0.717, 1.165) is 44.1 Å². The van der Waals surface area contributed by atoms with Gasteiger partial charge in [-0.3, -0.25) is 9.36 Å². The Morgan fingerprint density at radius 2 is 1.32 bits per heavy atom. The Kier molecular flexibility index (Phi) is 8.52. The second-order valence-corrected chi connectivity index (χ2v) is 11.4. The minimum Gasteiger partial charge on any atom is -0.492 e. The second-order valence-electron chi connectivity index (χ2n) is 9.51. The summed E-state index contributed by atoms with van der Waals surface area (Å²) < 4.78 is 28.8. The second kappa shape index (κ2) is 11.2. The van der Waals surface area contributed by atoms with Crippen molar-refractivity contribution in [3.8, 4) is 5.88 Å². The molecule has 2 aromatic rings. The predicted molar refractivity (Wildman–Crippen MR) is 134 cm³/mol. The van der Waals surface area contributed by atoms with E-state index in [4.69, 9.17) is 0 Å². The number of rotatable bonds is 3. The third-order valence-electron chi connectivity index (χ3n) is 6.70. The van der Waals surface area contributed by atoms with Crippen LogP contribution in [0.25, 0.3) is 0 Å². The van der Waals surface area contributed by atoms with E-state index in [-0.39, 0.29) is 4.90 Å². The van der Waals surface area contributed by atoms with E-state index in [9.17, 15) is 18.3 Å². The van der Waals surface area contributed by atoms with E-state index in [1.165, 1.54) is 36.0 Å². The van der Waals surface area contributed by atoms with E-state index in [1.807, 2.05) is 26.0 Å². The molecule has 1 aromatic carbocycles. The minimum atomic E-state index is -4.32. The largest absolute Gasteiger partial charge is 0.492 e. The highest BCUT2D eigenvalue weighted by Gasteiger charge is 2.35. The van der Waals surface area contributed by atoms with Gasteiger partial charge in [-0.15, -0.1) is 0 Å². The average Bonchev–Trinajstić information content (AvgIpc) is 2.76. The van der Waals surface area contributed by atoms with Crippen molar-refractivity contribution < 1.29 is 13.5 Å². The Labute approximate surface area is 202 Å². The number of nitrogens with zero attached hydrogens (tertiary/aromatic N) is 2. The van der Waals surface area contributed by atoms with Gasteiger partial charge in [0, 0.05) is 5.54 Å². The SMILES string of the molecule is Cc1ccccc(S(=O)(=O)c2c(O)nc(C)n(C3(C)CCCCCCCCC3)c2=O)cccc1. The van der Waals surface area contributed by atoms with Crippen LogP contribution in [0.4, 0.5) is 0 Å². The lowest BCUT2D eigenvalue weighted by Crippen LogP contribution is -2.42. The van der Waals surface area contributed by atoms with Crippen LogP contribution >= 0.6 is 0 Å². The number of aryl methyl sites for hydroxylation is 2. The highest BCUT2D eigenvalue weighted by molar-refractivity contribution is 7.91. The first-order valence-electron chi connectivity index (χ1n) is 12.1. The summed E-state index contributed by atoms with van der Waals surface area (Å²) >= 11 is 0. The topological polar surface area (TPSA) is 89.3 Å². The molecule has 1 fully saturated rings. The lowest BCUT2D eigenvalue weighted by molar-refractivity contribution is 0.226. The molecule has 184 valence electrons. The molecule has 3 rings (SSSR count). The van der Waals surface area contributed by atoms with Gasteiger partial charge in [-0.1, -0.05) is 86.9 Å². The van der Waals surface area contributed by atoms with Crippen molar-refractivity contribution in [2.75, 3.05) is 0 Å². The Balaban J connectivity index is 2.18. The van der Waals surface area contributed by atoms with Gasteiger partial charge in [0.05, 0.1) is 4.90 Å². The fraction of sp³-hybridized carbons (Fsp3) is 0.481. The molecule has 1 aliphatic rings. The van der Waals surface area contributed by atoms with Crippen LogP contribution in [0, 0.1) is 13.8 Å². The maximum absolute atomic E-state index is 13.8. The Morgan fingerprint density at radius 3 is 1.85 bits per heavy atom. The Morgan fingerprint density at radius 1 is 0.853 bits per heavy atom. The summed E-state index contributed by atoms with van der Waals surface area (Å²) in [7, 11) is -4.32. The van der Waals surface area contributed by atoms with E-state index < -0.39 is 31.7 Å². The van der Waals surface area contributed by atoms with Gasteiger partial charge in [0.15, 0.2) is 4.90 Å². The van der Waals surface area contributed by atoms with Crippen molar-refractivity contribution in [3.05, 3.63) is 70.3 Å². The summed E-state index contributed by atoms with van der Waals surface area (Å²) in [5.74, 6) is -0.413. The maximum Gasteiger partial charge on any atom is 0.277 e. The molecular weight excluding hydrogens is 448 g/mol. The van der Waals surface area contributed by atoms with Crippen molar-refractivity contribution in [2.24, 2.45) is 0 Å². The van der Waals surface area contributed by atoms with Crippen molar-refractivity contribution in [1.82, 2.24) is 9.55 Å². The van der Waals surface area contributed by atoms with Crippen LogP contribution in [0.1, 0.15) is 76.1 Å². The van der Waals surface area contributed by atoms with Gasteiger partial charge >= 0.3 is 0 Å². The molecule has 0 amide bonds. The van der Waals surface area contributed by atoms with E-state index >= 15 is 0 Å². The Hall–Kier alpha value is -2.67. The summed E-state index contributed by atoms with van der Waals surface area (Å²) in [5, 5.41) is 10.6. The van der Waals surface area contributed by atoms with Crippen LogP contribution in [-0.2, 0) is 15.4 Å². The zero-order valence-corrected chi connectivity index (χ0v) is 21.3.